The third kappa shape index (κ3) is 3.17. The molecule has 1 N–H and O–H groups in total. The van der Waals surface area contributed by atoms with Crippen molar-refractivity contribution >= 4 is 11.6 Å². The molecule has 0 aliphatic rings. The second kappa shape index (κ2) is 5.91. The molecule has 0 spiro atoms. The van der Waals surface area contributed by atoms with Gasteiger partial charge >= 0.3 is 0 Å². The number of aromatic nitrogens is 2. The fourth-order valence-electron chi connectivity index (χ4n) is 1.61. The molecule has 0 radical (unpaired) electrons. The van der Waals surface area contributed by atoms with E-state index in [-0.39, 0.29) is 12.1 Å². The van der Waals surface area contributed by atoms with Crippen LogP contribution in [-0.2, 0) is 6.54 Å². The van der Waals surface area contributed by atoms with Crippen LogP contribution in [0.25, 0.3) is 11.4 Å². The molecule has 0 bridgehead atoms. The van der Waals surface area contributed by atoms with E-state index in [1.54, 1.807) is 6.07 Å². The summed E-state index contributed by atoms with van der Waals surface area (Å²) in [6, 6.07) is 7.36. The van der Waals surface area contributed by atoms with Crippen LogP contribution in [-0.4, -0.2) is 39.3 Å². The minimum atomic E-state index is -0.348. The van der Waals surface area contributed by atoms with Crippen molar-refractivity contribution < 1.29 is 9.63 Å². The second-order valence-corrected chi connectivity index (χ2v) is 5.73. The molecule has 0 saturated carbocycles. The number of aliphatic hydroxyl groups is 1. The minimum Gasteiger partial charge on any atom is -0.394 e. The van der Waals surface area contributed by atoms with Crippen molar-refractivity contribution in [3.05, 3.63) is 35.2 Å². The SMILES string of the molecule is CN(Cc1nc(-c2ccccc2Cl)no1)C(C)(C)CO. The summed E-state index contributed by atoms with van der Waals surface area (Å²) >= 11 is 6.10. The van der Waals surface area contributed by atoms with Crippen molar-refractivity contribution in [2.24, 2.45) is 0 Å². The van der Waals surface area contributed by atoms with E-state index >= 15 is 0 Å². The van der Waals surface area contributed by atoms with Gasteiger partial charge in [-0.05, 0) is 33.0 Å². The van der Waals surface area contributed by atoms with Crippen LogP contribution in [0, 0.1) is 0 Å². The van der Waals surface area contributed by atoms with Crippen molar-refractivity contribution in [3.8, 4) is 11.4 Å². The molecule has 0 fully saturated rings. The van der Waals surface area contributed by atoms with Gasteiger partial charge in [0, 0.05) is 11.1 Å². The summed E-state index contributed by atoms with van der Waals surface area (Å²) < 4.78 is 5.24. The number of aliphatic hydroxyl groups excluding tert-OH is 1. The Bertz CT molecular complexity index is 583. The predicted octanol–water partition coefficient (Wildman–Crippen LogP) is 2.59. The van der Waals surface area contributed by atoms with Gasteiger partial charge in [-0.3, -0.25) is 4.90 Å². The van der Waals surface area contributed by atoms with Gasteiger partial charge in [-0.25, -0.2) is 0 Å². The van der Waals surface area contributed by atoms with Gasteiger partial charge in [0.2, 0.25) is 11.7 Å². The highest BCUT2D eigenvalue weighted by molar-refractivity contribution is 6.33. The van der Waals surface area contributed by atoms with Gasteiger partial charge < -0.3 is 9.63 Å². The van der Waals surface area contributed by atoms with Crippen LogP contribution in [0.5, 0.6) is 0 Å². The van der Waals surface area contributed by atoms with E-state index in [0.717, 1.165) is 5.56 Å². The first-order valence-electron chi connectivity index (χ1n) is 6.33. The maximum atomic E-state index is 9.34. The van der Waals surface area contributed by atoms with Gasteiger partial charge in [-0.1, -0.05) is 28.9 Å². The summed E-state index contributed by atoms with van der Waals surface area (Å²) in [5.41, 5.74) is 0.396. The Balaban J connectivity index is 2.16. The monoisotopic (exact) mass is 295 g/mol. The third-order valence-corrected chi connectivity index (χ3v) is 3.71. The normalized spacial score (nSPS) is 12.1. The van der Waals surface area contributed by atoms with E-state index in [0.29, 0.717) is 23.3 Å². The molecule has 20 heavy (non-hydrogen) atoms. The number of hydrogen-bond donors (Lipinski definition) is 1. The summed E-state index contributed by atoms with van der Waals surface area (Å²) in [5, 5.41) is 13.9. The van der Waals surface area contributed by atoms with Gasteiger partial charge in [-0.15, -0.1) is 0 Å². The molecule has 0 unspecified atom stereocenters. The van der Waals surface area contributed by atoms with Crippen LogP contribution in [0.3, 0.4) is 0 Å². The molecule has 108 valence electrons. The molecule has 0 saturated heterocycles. The number of hydrogen-bond acceptors (Lipinski definition) is 5. The van der Waals surface area contributed by atoms with Gasteiger partial charge in [-0.2, -0.15) is 4.98 Å². The van der Waals surface area contributed by atoms with Crippen LogP contribution >= 0.6 is 11.6 Å². The Morgan fingerprint density at radius 2 is 2.05 bits per heavy atom. The average Bonchev–Trinajstić information content (AvgIpc) is 2.87. The van der Waals surface area contributed by atoms with Crippen LogP contribution in [0.1, 0.15) is 19.7 Å². The molecule has 0 atom stereocenters. The lowest BCUT2D eigenvalue weighted by Crippen LogP contribution is -2.43. The predicted molar refractivity (Wildman–Crippen MR) is 77.4 cm³/mol. The number of rotatable bonds is 5. The summed E-state index contributed by atoms with van der Waals surface area (Å²) in [7, 11) is 1.90. The lowest BCUT2D eigenvalue weighted by molar-refractivity contribution is 0.0652. The van der Waals surface area contributed by atoms with E-state index in [2.05, 4.69) is 10.1 Å². The number of halogens is 1. The molecule has 2 aromatic rings. The van der Waals surface area contributed by atoms with Gasteiger partial charge in [0.1, 0.15) is 0 Å². The number of benzene rings is 1. The van der Waals surface area contributed by atoms with Crippen molar-refractivity contribution in [1.82, 2.24) is 15.0 Å². The summed E-state index contributed by atoms with van der Waals surface area (Å²) in [6.45, 7) is 4.40. The second-order valence-electron chi connectivity index (χ2n) is 5.32. The molecule has 0 aliphatic heterocycles. The fraction of sp³-hybridized carbons (Fsp3) is 0.429. The van der Waals surface area contributed by atoms with Crippen molar-refractivity contribution in [2.45, 2.75) is 25.9 Å². The Hall–Kier alpha value is -1.43. The molecule has 0 aliphatic carbocycles. The fourth-order valence-corrected chi connectivity index (χ4v) is 1.83. The van der Waals surface area contributed by atoms with Crippen LogP contribution in [0.2, 0.25) is 5.02 Å². The Labute approximate surface area is 123 Å². The minimum absolute atomic E-state index is 0.0506. The first kappa shape index (κ1) is 15.0. The molecule has 2 rings (SSSR count). The van der Waals surface area contributed by atoms with E-state index in [1.165, 1.54) is 0 Å². The van der Waals surface area contributed by atoms with Crippen molar-refractivity contribution in [3.63, 3.8) is 0 Å². The van der Waals surface area contributed by atoms with E-state index in [9.17, 15) is 5.11 Å². The Morgan fingerprint density at radius 3 is 2.70 bits per heavy atom. The van der Waals surface area contributed by atoms with Gasteiger partial charge in [0.15, 0.2) is 0 Å². The van der Waals surface area contributed by atoms with E-state index in [4.69, 9.17) is 16.1 Å². The lowest BCUT2D eigenvalue weighted by Gasteiger charge is -2.32. The average molecular weight is 296 g/mol. The highest BCUT2D eigenvalue weighted by Crippen LogP contribution is 2.25. The molecule has 5 nitrogen and oxygen atoms in total. The summed E-state index contributed by atoms with van der Waals surface area (Å²) in [4.78, 5) is 6.30. The maximum absolute atomic E-state index is 9.34. The molecule has 1 aromatic heterocycles. The third-order valence-electron chi connectivity index (χ3n) is 3.38. The van der Waals surface area contributed by atoms with Gasteiger partial charge in [0.05, 0.1) is 18.2 Å². The van der Waals surface area contributed by atoms with Gasteiger partial charge in [0.25, 0.3) is 0 Å². The molecular weight excluding hydrogens is 278 g/mol. The zero-order valence-corrected chi connectivity index (χ0v) is 12.6. The maximum Gasteiger partial charge on any atom is 0.241 e. The molecule has 0 amide bonds. The van der Waals surface area contributed by atoms with E-state index < -0.39 is 0 Å². The zero-order chi connectivity index (χ0) is 14.8. The lowest BCUT2D eigenvalue weighted by atomic mass is 10.1. The number of likely N-dealkylation sites (N-methyl/N-ethyl adjacent to an activating group) is 1. The van der Waals surface area contributed by atoms with E-state index in [1.807, 2.05) is 44.0 Å². The molecule has 1 aromatic carbocycles. The smallest absolute Gasteiger partial charge is 0.241 e. The van der Waals surface area contributed by atoms with Crippen LogP contribution < -0.4 is 0 Å². The number of nitrogens with zero attached hydrogens (tertiary/aromatic N) is 3. The Morgan fingerprint density at radius 1 is 1.35 bits per heavy atom. The standard InChI is InChI=1S/C14H18ClN3O2/c1-14(2,9-19)18(3)8-12-16-13(17-20-12)10-6-4-5-7-11(10)15/h4-7,19H,8-9H2,1-3H3. The first-order chi connectivity index (χ1) is 9.44. The topological polar surface area (TPSA) is 62.4 Å². The summed E-state index contributed by atoms with van der Waals surface area (Å²) in [6.07, 6.45) is 0. The first-order valence-corrected chi connectivity index (χ1v) is 6.71. The molecule has 6 heteroatoms. The van der Waals surface area contributed by atoms with Crippen molar-refractivity contribution in [2.75, 3.05) is 13.7 Å². The highest BCUT2D eigenvalue weighted by atomic mass is 35.5. The molecule has 1 heterocycles. The summed E-state index contributed by atoms with van der Waals surface area (Å²) in [5.74, 6) is 0.963. The quantitative estimate of drug-likeness (QED) is 0.918. The zero-order valence-electron chi connectivity index (χ0n) is 11.8. The largest absolute Gasteiger partial charge is 0.394 e. The molecular formula is C14H18ClN3O2. The van der Waals surface area contributed by atoms with Crippen molar-refractivity contribution in [1.29, 1.82) is 0 Å². The Kier molecular flexibility index (Phi) is 4.42. The highest BCUT2D eigenvalue weighted by Gasteiger charge is 2.24. The van der Waals surface area contributed by atoms with Crippen LogP contribution in [0.4, 0.5) is 0 Å². The van der Waals surface area contributed by atoms with Crippen LogP contribution in [0.15, 0.2) is 28.8 Å².